The van der Waals surface area contributed by atoms with Crippen LogP contribution in [-0.4, -0.2) is 28.2 Å². The molecule has 132 valence electrons. The number of nitrogens with zero attached hydrogens (tertiary/aromatic N) is 5. The van der Waals surface area contributed by atoms with E-state index < -0.39 is 0 Å². The predicted octanol–water partition coefficient (Wildman–Crippen LogP) is 3.84. The summed E-state index contributed by atoms with van der Waals surface area (Å²) in [6.45, 7) is 4.15. The number of nitrogens with one attached hydrogen (secondary N) is 2. The van der Waals surface area contributed by atoms with E-state index in [0.717, 1.165) is 28.1 Å². The molecule has 27 heavy (non-hydrogen) atoms. The number of hydrogen-bond donors (Lipinski definition) is 2. The molecule has 5 rings (SSSR count). The van der Waals surface area contributed by atoms with Gasteiger partial charge in [0, 0.05) is 11.8 Å². The van der Waals surface area contributed by atoms with Gasteiger partial charge in [-0.15, -0.1) is 0 Å². The van der Waals surface area contributed by atoms with Crippen LogP contribution in [0.2, 0.25) is 0 Å². The molecule has 0 aliphatic carbocycles. The van der Waals surface area contributed by atoms with Gasteiger partial charge >= 0.3 is 0 Å². The highest BCUT2D eigenvalue weighted by atomic mass is 15.7. The number of aryl methyl sites for hydroxylation is 2. The van der Waals surface area contributed by atoms with E-state index in [4.69, 9.17) is 10.1 Å². The summed E-state index contributed by atoms with van der Waals surface area (Å²) >= 11 is 0. The highest BCUT2D eigenvalue weighted by Gasteiger charge is 2.44. The van der Waals surface area contributed by atoms with Crippen LogP contribution < -0.4 is 9.91 Å². The second kappa shape index (κ2) is 5.72. The number of rotatable bonds is 2. The van der Waals surface area contributed by atoms with Crippen molar-refractivity contribution in [1.82, 2.24) is 14.8 Å². The van der Waals surface area contributed by atoms with Gasteiger partial charge in [-0.25, -0.2) is 0 Å². The maximum atomic E-state index is 4.92. The lowest BCUT2D eigenvalue weighted by Gasteiger charge is -2.24. The minimum Gasteiger partial charge on any atom is -0.320 e. The van der Waals surface area contributed by atoms with E-state index in [2.05, 4.69) is 52.6 Å². The van der Waals surface area contributed by atoms with Crippen LogP contribution in [0.4, 0.5) is 11.4 Å². The lowest BCUT2D eigenvalue weighted by Crippen LogP contribution is -2.44. The van der Waals surface area contributed by atoms with Gasteiger partial charge in [0.1, 0.15) is 6.21 Å². The third-order valence-corrected chi connectivity index (χ3v) is 4.69. The van der Waals surface area contributed by atoms with Gasteiger partial charge in [0.2, 0.25) is 0 Å². The van der Waals surface area contributed by atoms with Crippen LogP contribution in [0.25, 0.3) is 10.9 Å². The van der Waals surface area contributed by atoms with Crippen molar-refractivity contribution < 1.29 is 0 Å². The monoisotopic (exact) mass is 356 g/mol. The third-order valence-electron chi connectivity index (χ3n) is 4.69. The molecular formula is C20H18N7+. The van der Waals surface area contributed by atoms with Crippen molar-refractivity contribution in [2.75, 3.05) is 5.32 Å². The molecule has 0 spiro atoms. The summed E-state index contributed by atoms with van der Waals surface area (Å²) in [4.78, 5) is 8.95. The predicted molar refractivity (Wildman–Crippen MR) is 110 cm³/mol. The summed E-state index contributed by atoms with van der Waals surface area (Å²) in [5.74, 6) is 1.28. The molecule has 0 amide bonds. The zero-order valence-electron chi connectivity index (χ0n) is 15.0. The maximum Gasteiger partial charge on any atom is 0.287 e. The number of hydrogen-bond acceptors (Lipinski definition) is 5. The van der Waals surface area contributed by atoms with Crippen LogP contribution in [-0.2, 0) is 0 Å². The van der Waals surface area contributed by atoms with E-state index in [1.165, 1.54) is 11.1 Å². The SMILES string of the molecule is Cc1cc(C)cc(NC2=N[N+]3(c4cccc5[nH]ncc45)C=CN=CC3=N2)c1. The second-order valence-corrected chi connectivity index (χ2v) is 6.77. The minimum atomic E-state index is 0.132. The number of aliphatic imine (C=N–C) groups is 2. The topological polar surface area (TPSA) is 77.8 Å². The number of anilines is 1. The number of benzene rings is 2. The molecule has 0 saturated carbocycles. The first kappa shape index (κ1) is 15.7. The first-order valence-corrected chi connectivity index (χ1v) is 8.71. The smallest absolute Gasteiger partial charge is 0.287 e. The number of aromatic amines is 1. The first-order valence-electron chi connectivity index (χ1n) is 8.71. The number of amidine groups is 1. The molecule has 0 radical (unpaired) electrons. The normalized spacial score (nSPS) is 20.5. The van der Waals surface area contributed by atoms with Crippen LogP contribution in [0, 0.1) is 13.8 Å². The lowest BCUT2D eigenvalue weighted by atomic mass is 10.1. The second-order valence-electron chi connectivity index (χ2n) is 6.77. The Kier molecular flexibility index (Phi) is 3.32. The molecule has 0 fully saturated rings. The quantitative estimate of drug-likeness (QED) is 0.685. The van der Waals surface area contributed by atoms with Gasteiger partial charge in [-0.3, -0.25) is 10.1 Å². The Morgan fingerprint density at radius 3 is 2.78 bits per heavy atom. The summed E-state index contributed by atoms with van der Waals surface area (Å²) in [5, 5.41) is 16.5. The van der Waals surface area contributed by atoms with Gasteiger partial charge in [-0.1, -0.05) is 16.7 Å². The number of aromatic nitrogens is 2. The first-order chi connectivity index (χ1) is 13.1. The summed E-state index contributed by atoms with van der Waals surface area (Å²) in [5.41, 5.74) is 5.28. The molecule has 3 heterocycles. The largest absolute Gasteiger partial charge is 0.320 e. The maximum absolute atomic E-state index is 4.92. The van der Waals surface area contributed by atoms with E-state index in [0.29, 0.717) is 5.96 Å². The molecule has 1 unspecified atom stereocenters. The van der Waals surface area contributed by atoms with E-state index in [9.17, 15) is 0 Å². The number of guanidine groups is 1. The Bertz CT molecular complexity index is 1160. The molecule has 7 heteroatoms. The summed E-state index contributed by atoms with van der Waals surface area (Å²) in [6, 6.07) is 12.3. The molecule has 7 nitrogen and oxygen atoms in total. The standard InChI is InChI=1S/C20H18N7/c1-13-8-14(2)10-15(9-13)23-20-24-19-12-21-6-7-27(19,26-20)18-5-3-4-17-16(18)11-22-25-17/h3-12H,1-2H3,(H,22,25)(H,23,26)/q+1. The van der Waals surface area contributed by atoms with E-state index in [1.54, 1.807) is 12.4 Å². The fourth-order valence-electron chi connectivity index (χ4n) is 3.62. The van der Waals surface area contributed by atoms with E-state index in [-0.39, 0.29) is 4.59 Å². The van der Waals surface area contributed by atoms with Crippen molar-refractivity contribution in [3.63, 3.8) is 0 Å². The Labute approximate surface area is 156 Å². The molecule has 2 aliphatic rings. The number of H-pyrrole nitrogens is 1. The summed E-state index contributed by atoms with van der Waals surface area (Å²) in [6.07, 6.45) is 7.25. The molecule has 2 aromatic carbocycles. The van der Waals surface area contributed by atoms with Gasteiger partial charge in [-0.05, 0) is 48.3 Å². The Morgan fingerprint density at radius 2 is 1.93 bits per heavy atom. The van der Waals surface area contributed by atoms with Gasteiger partial charge < -0.3 is 5.32 Å². The molecule has 1 atom stereocenters. The summed E-state index contributed by atoms with van der Waals surface area (Å²) in [7, 11) is 0. The van der Waals surface area contributed by atoms with Crippen LogP contribution in [0.5, 0.6) is 0 Å². The third kappa shape index (κ3) is 2.48. The van der Waals surface area contributed by atoms with Crippen LogP contribution in [0.15, 0.2) is 70.1 Å². The van der Waals surface area contributed by atoms with Crippen molar-refractivity contribution in [2.24, 2.45) is 15.1 Å². The number of quaternary nitrogens is 1. The van der Waals surface area contributed by atoms with Crippen molar-refractivity contribution in [3.8, 4) is 0 Å². The minimum absolute atomic E-state index is 0.132. The van der Waals surface area contributed by atoms with E-state index >= 15 is 0 Å². The van der Waals surface area contributed by atoms with E-state index in [1.807, 2.05) is 30.6 Å². The Hall–Kier alpha value is -3.58. The fraction of sp³-hybridized carbons (Fsp3) is 0.100. The average molecular weight is 356 g/mol. The lowest BCUT2D eigenvalue weighted by molar-refractivity contribution is 0.597. The van der Waals surface area contributed by atoms with Crippen LogP contribution in [0.3, 0.4) is 0 Å². The highest BCUT2D eigenvalue weighted by molar-refractivity contribution is 6.39. The summed E-state index contributed by atoms with van der Waals surface area (Å²) < 4.78 is 0.132. The van der Waals surface area contributed by atoms with Crippen molar-refractivity contribution in [2.45, 2.75) is 13.8 Å². The molecular weight excluding hydrogens is 338 g/mol. The average Bonchev–Trinajstić information content (AvgIpc) is 3.24. The van der Waals surface area contributed by atoms with Gasteiger partial charge in [0.25, 0.3) is 11.8 Å². The van der Waals surface area contributed by atoms with Crippen LogP contribution in [0.1, 0.15) is 11.1 Å². The van der Waals surface area contributed by atoms with Crippen LogP contribution >= 0.6 is 0 Å². The van der Waals surface area contributed by atoms with Gasteiger partial charge in [0.15, 0.2) is 11.9 Å². The van der Waals surface area contributed by atoms with Gasteiger partial charge in [0.05, 0.1) is 23.3 Å². The molecule has 0 bridgehead atoms. The Morgan fingerprint density at radius 1 is 1.07 bits per heavy atom. The zero-order valence-corrected chi connectivity index (χ0v) is 15.0. The van der Waals surface area contributed by atoms with Gasteiger partial charge in [-0.2, -0.15) is 10.1 Å². The van der Waals surface area contributed by atoms with Crippen molar-refractivity contribution >= 4 is 40.3 Å². The fourth-order valence-corrected chi connectivity index (χ4v) is 3.62. The molecule has 2 aliphatic heterocycles. The van der Waals surface area contributed by atoms with Crippen molar-refractivity contribution in [1.29, 1.82) is 0 Å². The molecule has 3 aromatic rings. The highest BCUT2D eigenvalue weighted by Crippen LogP contribution is 2.36. The molecule has 0 saturated heterocycles. The van der Waals surface area contributed by atoms with Crippen molar-refractivity contribution in [3.05, 3.63) is 66.1 Å². The molecule has 2 N–H and O–H groups in total. The molecule has 1 aromatic heterocycles. The zero-order chi connectivity index (χ0) is 18.4. The Balaban J connectivity index is 1.63. The number of fused-ring (bicyclic) bond motifs is 2.